The van der Waals surface area contributed by atoms with E-state index in [-0.39, 0.29) is 0 Å². The van der Waals surface area contributed by atoms with Gasteiger partial charge in [0.25, 0.3) is 0 Å². The first kappa shape index (κ1) is 21.9. The first-order chi connectivity index (χ1) is 15.7. The number of carboxylic acid groups (broad SMARTS) is 1. The van der Waals surface area contributed by atoms with Crippen LogP contribution in [0.1, 0.15) is 23.1 Å². The highest BCUT2D eigenvalue weighted by molar-refractivity contribution is 5.72. The molecule has 4 rings (SSSR count). The zero-order valence-electron chi connectivity index (χ0n) is 18.4. The van der Waals surface area contributed by atoms with Gasteiger partial charge in [0.05, 0.1) is 6.54 Å². The molecule has 5 nitrogen and oxygen atoms in total. The first-order valence-electron chi connectivity index (χ1n) is 11.1. The van der Waals surface area contributed by atoms with Crippen molar-refractivity contribution >= 4 is 17.3 Å². The molecule has 5 heteroatoms. The van der Waals surface area contributed by atoms with Crippen molar-refractivity contribution in [2.75, 3.05) is 25.2 Å². The minimum atomic E-state index is -0.957. The molecule has 0 spiro atoms. The standard InChI is InChI=1S/C27H29NO4/c1-31-26(27(29)30)19-20-13-15-23(16-14-20)32-18-17-28-24-11-4-2-7-21(24)9-6-10-22-8-3-5-12-25(22)28/h2-5,7-8,11-16,26H,6,9-10,17-19H2,1H3,(H,29,30). The van der Waals surface area contributed by atoms with Crippen LogP contribution in [-0.2, 0) is 28.8 Å². The van der Waals surface area contributed by atoms with Crippen molar-refractivity contribution in [3.63, 3.8) is 0 Å². The molecule has 0 radical (unpaired) electrons. The summed E-state index contributed by atoms with van der Waals surface area (Å²) in [6.45, 7) is 1.28. The molecule has 1 N–H and O–H groups in total. The summed E-state index contributed by atoms with van der Waals surface area (Å²) in [5.74, 6) is -0.187. The van der Waals surface area contributed by atoms with E-state index in [4.69, 9.17) is 14.6 Å². The molecule has 3 aromatic carbocycles. The molecule has 0 bridgehead atoms. The van der Waals surface area contributed by atoms with E-state index < -0.39 is 12.1 Å². The van der Waals surface area contributed by atoms with Crippen LogP contribution in [0.15, 0.2) is 72.8 Å². The monoisotopic (exact) mass is 431 g/mol. The van der Waals surface area contributed by atoms with E-state index in [1.165, 1.54) is 29.6 Å². The van der Waals surface area contributed by atoms with E-state index in [0.717, 1.165) is 37.1 Å². The lowest BCUT2D eigenvalue weighted by Gasteiger charge is -2.31. The van der Waals surface area contributed by atoms with Crippen LogP contribution in [0.5, 0.6) is 5.75 Å². The topological polar surface area (TPSA) is 59.0 Å². The van der Waals surface area contributed by atoms with Gasteiger partial charge in [0.1, 0.15) is 12.4 Å². The summed E-state index contributed by atoms with van der Waals surface area (Å²) in [5, 5.41) is 9.15. The van der Waals surface area contributed by atoms with E-state index in [0.29, 0.717) is 13.0 Å². The van der Waals surface area contributed by atoms with Crippen molar-refractivity contribution in [3.05, 3.63) is 89.5 Å². The molecular formula is C27H29NO4. The summed E-state index contributed by atoms with van der Waals surface area (Å²) >= 11 is 0. The van der Waals surface area contributed by atoms with Gasteiger partial charge >= 0.3 is 5.97 Å². The molecule has 0 fully saturated rings. The molecule has 1 atom stereocenters. The number of benzene rings is 3. The Morgan fingerprint density at radius 2 is 1.53 bits per heavy atom. The maximum absolute atomic E-state index is 11.2. The van der Waals surface area contributed by atoms with Crippen molar-refractivity contribution in [2.45, 2.75) is 31.8 Å². The third kappa shape index (κ3) is 5.11. The minimum absolute atomic E-state index is 0.327. The maximum atomic E-state index is 11.2. The van der Waals surface area contributed by atoms with E-state index in [2.05, 4.69) is 53.4 Å². The number of rotatable bonds is 8. The zero-order valence-corrected chi connectivity index (χ0v) is 18.4. The van der Waals surface area contributed by atoms with Crippen LogP contribution in [0.2, 0.25) is 0 Å². The molecule has 1 heterocycles. The Bertz CT molecular complexity index is 1000. The lowest BCUT2D eigenvalue weighted by molar-refractivity contribution is -0.148. The Labute approximate surface area is 189 Å². The van der Waals surface area contributed by atoms with Crippen LogP contribution in [0.4, 0.5) is 11.4 Å². The molecule has 3 aromatic rings. The Morgan fingerprint density at radius 3 is 2.09 bits per heavy atom. The van der Waals surface area contributed by atoms with Gasteiger partial charge in [0.15, 0.2) is 6.10 Å². The third-order valence-corrected chi connectivity index (χ3v) is 5.95. The summed E-state index contributed by atoms with van der Waals surface area (Å²) in [6.07, 6.45) is 2.78. The number of ether oxygens (including phenoxy) is 2. The van der Waals surface area contributed by atoms with Gasteiger partial charge in [0, 0.05) is 24.9 Å². The highest BCUT2D eigenvalue weighted by atomic mass is 16.5. The third-order valence-electron chi connectivity index (χ3n) is 5.95. The molecule has 1 aliphatic heterocycles. The Balaban J connectivity index is 1.45. The quantitative estimate of drug-likeness (QED) is 0.542. The SMILES string of the molecule is COC(Cc1ccc(OCCN2c3ccccc3CCCc3ccccc32)cc1)C(=O)O. The predicted octanol–water partition coefficient (Wildman–Crippen LogP) is 5.03. The number of fused-ring (bicyclic) bond motifs is 2. The molecule has 0 aliphatic carbocycles. The highest BCUT2D eigenvalue weighted by Crippen LogP contribution is 2.34. The van der Waals surface area contributed by atoms with Gasteiger partial charge in [-0.2, -0.15) is 0 Å². The summed E-state index contributed by atoms with van der Waals surface area (Å²) in [6, 6.07) is 24.8. The number of para-hydroxylation sites is 2. The smallest absolute Gasteiger partial charge is 0.333 e. The molecule has 166 valence electrons. The number of methoxy groups -OCH3 is 1. The second kappa shape index (κ2) is 10.3. The molecule has 32 heavy (non-hydrogen) atoms. The fourth-order valence-corrected chi connectivity index (χ4v) is 4.27. The minimum Gasteiger partial charge on any atom is -0.492 e. The highest BCUT2D eigenvalue weighted by Gasteiger charge is 2.19. The summed E-state index contributed by atoms with van der Waals surface area (Å²) < 4.78 is 11.1. The zero-order chi connectivity index (χ0) is 22.3. The number of carboxylic acids is 1. The number of aryl methyl sites for hydroxylation is 2. The molecule has 0 saturated carbocycles. The summed E-state index contributed by atoms with van der Waals surface area (Å²) in [7, 11) is 1.41. The van der Waals surface area contributed by atoms with Crippen molar-refractivity contribution in [3.8, 4) is 5.75 Å². The lowest BCUT2D eigenvalue weighted by Crippen LogP contribution is -2.26. The fraction of sp³-hybridized carbons (Fsp3) is 0.296. The molecule has 1 aliphatic rings. The fourth-order valence-electron chi connectivity index (χ4n) is 4.27. The van der Waals surface area contributed by atoms with E-state index in [1.54, 1.807) is 0 Å². The van der Waals surface area contributed by atoms with Crippen molar-refractivity contribution in [2.24, 2.45) is 0 Å². The number of anilines is 2. The van der Waals surface area contributed by atoms with E-state index in [1.807, 2.05) is 24.3 Å². The van der Waals surface area contributed by atoms with Gasteiger partial charge in [-0.3, -0.25) is 0 Å². The number of nitrogens with zero attached hydrogens (tertiary/aromatic N) is 1. The van der Waals surface area contributed by atoms with Gasteiger partial charge in [0.2, 0.25) is 0 Å². The Hall–Kier alpha value is -3.31. The van der Waals surface area contributed by atoms with Crippen LogP contribution in [0.3, 0.4) is 0 Å². The van der Waals surface area contributed by atoms with Crippen LogP contribution >= 0.6 is 0 Å². The van der Waals surface area contributed by atoms with Crippen molar-refractivity contribution in [1.82, 2.24) is 0 Å². The van der Waals surface area contributed by atoms with E-state index in [9.17, 15) is 4.79 Å². The van der Waals surface area contributed by atoms with Crippen LogP contribution in [-0.4, -0.2) is 37.4 Å². The summed E-state index contributed by atoms with van der Waals surface area (Å²) in [5.41, 5.74) is 6.14. The van der Waals surface area contributed by atoms with Gasteiger partial charge in [-0.25, -0.2) is 4.79 Å². The number of aliphatic carboxylic acids is 1. The molecule has 0 aromatic heterocycles. The van der Waals surface area contributed by atoms with Gasteiger partial charge in [-0.15, -0.1) is 0 Å². The van der Waals surface area contributed by atoms with E-state index >= 15 is 0 Å². The van der Waals surface area contributed by atoms with Crippen molar-refractivity contribution in [1.29, 1.82) is 0 Å². The predicted molar refractivity (Wildman–Crippen MR) is 126 cm³/mol. The summed E-state index contributed by atoms with van der Waals surface area (Å²) in [4.78, 5) is 13.5. The number of carbonyl (C=O) groups is 1. The molecular weight excluding hydrogens is 402 g/mol. The average molecular weight is 432 g/mol. The maximum Gasteiger partial charge on any atom is 0.333 e. The van der Waals surface area contributed by atoms with Gasteiger partial charge < -0.3 is 19.5 Å². The Kier molecular flexibility index (Phi) is 7.07. The largest absolute Gasteiger partial charge is 0.492 e. The molecule has 1 unspecified atom stereocenters. The second-order valence-corrected chi connectivity index (χ2v) is 8.02. The Morgan fingerprint density at radius 1 is 0.938 bits per heavy atom. The van der Waals surface area contributed by atoms with Crippen molar-refractivity contribution < 1.29 is 19.4 Å². The normalized spacial score (nSPS) is 14.0. The molecule has 0 amide bonds. The van der Waals surface area contributed by atoms with Crippen LogP contribution in [0, 0.1) is 0 Å². The van der Waals surface area contributed by atoms with Crippen LogP contribution < -0.4 is 9.64 Å². The molecule has 0 saturated heterocycles. The average Bonchev–Trinajstić information content (AvgIpc) is 2.81. The first-order valence-corrected chi connectivity index (χ1v) is 11.1. The number of hydrogen-bond donors (Lipinski definition) is 1. The van der Waals surface area contributed by atoms with Gasteiger partial charge in [-0.1, -0.05) is 48.5 Å². The van der Waals surface area contributed by atoms with Gasteiger partial charge in [-0.05, 0) is 60.2 Å². The lowest BCUT2D eigenvalue weighted by atomic mass is 9.97. The number of hydrogen-bond acceptors (Lipinski definition) is 4. The van der Waals surface area contributed by atoms with Crippen LogP contribution in [0.25, 0.3) is 0 Å². The second-order valence-electron chi connectivity index (χ2n) is 8.02.